The van der Waals surface area contributed by atoms with Crippen LogP contribution in [0.25, 0.3) is 0 Å². The smallest absolute Gasteiger partial charge is 0.122 e. The molecular formula is C14H17N3O. The first-order valence-electron chi connectivity index (χ1n) is 6.29. The maximum Gasteiger partial charge on any atom is 0.122 e. The Hall–Kier alpha value is -1.81. The van der Waals surface area contributed by atoms with E-state index in [1.54, 1.807) is 6.33 Å². The van der Waals surface area contributed by atoms with Gasteiger partial charge in [0.05, 0.1) is 12.9 Å². The van der Waals surface area contributed by atoms with Crippen LogP contribution in [-0.4, -0.2) is 16.6 Å². The maximum atomic E-state index is 5.52. The van der Waals surface area contributed by atoms with Gasteiger partial charge >= 0.3 is 0 Å². The second kappa shape index (κ2) is 4.82. The Morgan fingerprint density at radius 2 is 2.44 bits per heavy atom. The molecule has 1 aromatic heterocycles. The van der Waals surface area contributed by atoms with Gasteiger partial charge in [-0.1, -0.05) is 12.1 Å². The van der Waals surface area contributed by atoms with Gasteiger partial charge in [-0.15, -0.1) is 0 Å². The summed E-state index contributed by atoms with van der Waals surface area (Å²) in [5.41, 5.74) is 3.73. The first-order chi connectivity index (χ1) is 8.83. The minimum Gasteiger partial charge on any atom is -0.493 e. The lowest BCUT2D eigenvalue weighted by atomic mass is 10.0. The molecule has 0 radical (unpaired) electrons. The lowest BCUT2D eigenvalue weighted by Gasteiger charge is -2.14. The zero-order valence-corrected chi connectivity index (χ0v) is 10.4. The molecule has 2 heterocycles. The number of ether oxygens (including phenoxy) is 1. The Bertz CT molecular complexity index is 522. The molecule has 4 nitrogen and oxygen atoms in total. The monoisotopic (exact) mass is 243 g/mol. The van der Waals surface area contributed by atoms with Crippen LogP contribution in [0.15, 0.2) is 30.7 Å². The number of aromatic nitrogens is 2. The molecule has 4 heteroatoms. The molecule has 1 unspecified atom stereocenters. The number of rotatable bonds is 4. The van der Waals surface area contributed by atoms with E-state index in [4.69, 9.17) is 4.74 Å². The maximum absolute atomic E-state index is 5.52. The van der Waals surface area contributed by atoms with Crippen LogP contribution in [-0.2, 0) is 13.0 Å². The first-order valence-corrected chi connectivity index (χ1v) is 6.29. The topological polar surface area (TPSA) is 49.9 Å². The van der Waals surface area contributed by atoms with Crippen LogP contribution in [0.1, 0.15) is 29.8 Å². The number of hydrogen-bond acceptors (Lipinski definition) is 3. The van der Waals surface area contributed by atoms with Crippen LogP contribution in [0.5, 0.6) is 5.75 Å². The summed E-state index contributed by atoms with van der Waals surface area (Å²) in [7, 11) is 0. The van der Waals surface area contributed by atoms with Gasteiger partial charge in [-0.3, -0.25) is 0 Å². The lowest BCUT2D eigenvalue weighted by Crippen LogP contribution is -2.18. The second-order valence-corrected chi connectivity index (χ2v) is 4.65. The second-order valence-electron chi connectivity index (χ2n) is 4.65. The predicted molar refractivity (Wildman–Crippen MR) is 69.5 cm³/mol. The van der Waals surface area contributed by atoms with Crippen molar-refractivity contribution in [3.63, 3.8) is 0 Å². The van der Waals surface area contributed by atoms with Crippen molar-refractivity contribution < 1.29 is 4.74 Å². The molecule has 1 atom stereocenters. The van der Waals surface area contributed by atoms with Crippen molar-refractivity contribution in [2.24, 2.45) is 0 Å². The summed E-state index contributed by atoms with van der Waals surface area (Å²) >= 11 is 0. The molecule has 3 rings (SSSR count). The van der Waals surface area contributed by atoms with Crippen molar-refractivity contribution >= 4 is 0 Å². The molecule has 18 heavy (non-hydrogen) atoms. The third kappa shape index (κ3) is 2.24. The molecule has 0 aliphatic carbocycles. The summed E-state index contributed by atoms with van der Waals surface area (Å²) in [4.78, 5) is 7.10. The van der Waals surface area contributed by atoms with E-state index in [0.29, 0.717) is 6.04 Å². The third-order valence-electron chi connectivity index (χ3n) is 3.37. The van der Waals surface area contributed by atoms with Gasteiger partial charge in [0.15, 0.2) is 0 Å². The van der Waals surface area contributed by atoms with E-state index < -0.39 is 0 Å². The highest BCUT2D eigenvalue weighted by molar-refractivity contribution is 5.40. The molecule has 94 valence electrons. The van der Waals surface area contributed by atoms with Gasteiger partial charge in [-0.2, -0.15) is 0 Å². The van der Waals surface area contributed by atoms with E-state index in [-0.39, 0.29) is 0 Å². The van der Waals surface area contributed by atoms with Crippen LogP contribution in [0.4, 0.5) is 0 Å². The summed E-state index contributed by atoms with van der Waals surface area (Å²) in [6.07, 6.45) is 4.57. The van der Waals surface area contributed by atoms with Crippen molar-refractivity contribution in [1.29, 1.82) is 0 Å². The van der Waals surface area contributed by atoms with Crippen LogP contribution < -0.4 is 10.1 Å². The van der Waals surface area contributed by atoms with E-state index in [9.17, 15) is 0 Å². The van der Waals surface area contributed by atoms with Crippen LogP contribution >= 0.6 is 0 Å². The number of imidazole rings is 1. The molecule has 0 saturated heterocycles. The zero-order chi connectivity index (χ0) is 12.4. The fraction of sp³-hybridized carbons (Fsp3) is 0.357. The molecule has 2 N–H and O–H groups in total. The highest BCUT2D eigenvalue weighted by Gasteiger charge is 2.14. The average molecular weight is 243 g/mol. The Morgan fingerprint density at radius 1 is 1.50 bits per heavy atom. The third-order valence-corrected chi connectivity index (χ3v) is 3.37. The molecule has 0 bridgehead atoms. The summed E-state index contributed by atoms with van der Waals surface area (Å²) in [5, 5.41) is 3.48. The van der Waals surface area contributed by atoms with Gasteiger partial charge in [0, 0.05) is 30.9 Å². The molecule has 0 spiro atoms. The highest BCUT2D eigenvalue weighted by Crippen LogP contribution is 2.28. The van der Waals surface area contributed by atoms with Gasteiger partial charge in [0.2, 0.25) is 0 Å². The summed E-state index contributed by atoms with van der Waals surface area (Å²) < 4.78 is 5.52. The molecule has 0 fully saturated rings. The Morgan fingerprint density at radius 3 is 3.28 bits per heavy atom. The number of fused-ring (bicyclic) bond motifs is 1. The number of nitrogens with one attached hydrogen (secondary N) is 2. The van der Waals surface area contributed by atoms with E-state index in [1.165, 1.54) is 11.1 Å². The van der Waals surface area contributed by atoms with Gasteiger partial charge in [0.25, 0.3) is 0 Å². The average Bonchev–Trinajstić information content (AvgIpc) is 3.05. The van der Waals surface area contributed by atoms with Crippen molar-refractivity contribution in [2.75, 3.05) is 6.61 Å². The minimum atomic E-state index is 0.319. The Labute approximate surface area is 106 Å². The Kier molecular flexibility index (Phi) is 3.02. The van der Waals surface area contributed by atoms with Gasteiger partial charge < -0.3 is 15.0 Å². The van der Waals surface area contributed by atoms with E-state index in [0.717, 1.165) is 31.0 Å². The fourth-order valence-electron chi connectivity index (χ4n) is 2.24. The standard InChI is InChI=1S/C14H17N3O/c1-10(16-8-13-7-15-9-17-13)11-2-3-14-12(6-11)4-5-18-14/h2-3,6-7,9-10,16H,4-5,8H2,1H3,(H,15,17). The van der Waals surface area contributed by atoms with Gasteiger partial charge in [0.1, 0.15) is 5.75 Å². The number of aromatic amines is 1. The number of H-pyrrole nitrogens is 1. The predicted octanol–water partition coefficient (Wildman–Crippen LogP) is 2.20. The fourth-order valence-corrected chi connectivity index (χ4v) is 2.24. The first kappa shape index (κ1) is 11.3. The van der Waals surface area contributed by atoms with E-state index >= 15 is 0 Å². The van der Waals surface area contributed by atoms with Gasteiger partial charge in [-0.25, -0.2) is 4.98 Å². The Balaban J connectivity index is 1.67. The van der Waals surface area contributed by atoms with Crippen molar-refractivity contribution in [2.45, 2.75) is 25.9 Å². The highest BCUT2D eigenvalue weighted by atomic mass is 16.5. The number of benzene rings is 1. The molecule has 0 amide bonds. The van der Waals surface area contributed by atoms with Crippen LogP contribution in [0, 0.1) is 0 Å². The largest absolute Gasteiger partial charge is 0.493 e. The molecule has 1 aromatic carbocycles. The lowest BCUT2D eigenvalue weighted by molar-refractivity contribution is 0.356. The molecule has 1 aliphatic rings. The zero-order valence-electron chi connectivity index (χ0n) is 10.4. The molecular weight excluding hydrogens is 226 g/mol. The molecule has 0 saturated carbocycles. The summed E-state index contributed by atoms with van der Waals surface area (Å²) in [5.74, 6) is 1.04. The number of nitrogens with zero attached hydrogens (tertiary/aromatic N) is 1. The normalized spacial score (nSPS) is 15.2. The van der Waals surface area contributed by atoms with Crippen LogP contribution in [0.3, 0.4) is 0 Å². The van der Waals surface area contributed by atoms with Crippen molar-refractivity contribution in [1.82, 2.24) is 15.3 Å². The SMILES string of the molecule is CC(NCc1cnc[nH]1)c1ccc2c(c1)CCO2. The quantitative estimate of drug-likeness (QED) is 0.865. The van der Waals surface area contributed by atoms with Crippen LogP contribution in [0.2, 0.25) is 0 Å². The number of hydrogen-bond donors (Lipinski definition) is 2. The van der Waals surface area contributed by atoms with Crippen molar-refractivity contribution in [3.8, 4) is 5.75 Å². The van der Waals surface area contributed by atoms with Crippen molar-refractivity contribution in [3.05, 3.63) is 47.5 Å². The molecule has 2 aromatic rings. The molecule has 1 aliphatic heterocycles. The van der Waals surface area contributed by atoms with Gasteiger partial charge in [-0.05, 0) is 24.1 Å². The van der Waals surface area contributed by atoms with E-state index in [2.05, 4.69) is 40.4 Å². The van der Waals surface area contributed by atoms with E-state index in [1.807, 2.05) is 6.20 Å². The summed E-state index contributed by atoms with van der Waals surface area (Å²) in [6, 6.07) is 6.77. The summed E-state index contributed by atoms with van der Waals surface area (Å²) in [6.45, 7) is 3.79. The minimum absolute atomic E-state index is 0.319.